The van der Waals surface area contributed by atoms with Crippen molar-refractivity contribution in [2.45, 2.75) is 38.4 Å². The Balaban J connectivity index is 1.46. The number of benzene rings is 1. The van der Waals surface area contributed by atoms with Crippen LogP contribution < -0.4 is 0 Å². The number of nitrogens with zero attached hydrogens (tertiary/aromatic N) is 1. The van der Waals surface area contributed by atoms with Crippen molar-refractivity contribution in [2.75, 3.05) is 13.1 Å². The second-order valence-electron chi connectivity index (χ2n) is 6.57. The van der Waals surface area contributed by atoms with E-state index < -0.39 is 6.10 Å². The molecule has 0 aromatic heterocycles. The number of hydrogen-bond donors (Lipinski definition) is 1. The van der Waals surface area contributed by atoms with E-state index in [0.717, 1.165) is 31.2 Å². The van der Waals surface area contributed by atoms with Crippen molar-refractivity contribution in [1.29, 1.82) is 0 Å². The third-order valence-corrected chi connectivity index (χ3v) is 4.75. The fourth-order valence-electron chi connectivity index (χ4n) is 3.32. The molecule has 3 rings (SSSR count). The maximum atomic E-state index is 12.2. The van der Waals surface area contributed by atoms with Crippen LogP contribution in [0.15, 0.2) is 54.1 Å². The van der Waals surface area contributed by atoms with Crippen LogP contribution in [0.3, 0.4) is 0 Å². The maximum Gasteiger partial charge on any atom is 0.410 e. The molecule has 1 saturated heterocycles. The second-order valence-corrected chi connectivity index (χ2v) is 6.57. The Morgan fingerprint density at radius 3 is 2.79 bits per heavy atom. The Kier molecular flexibility index (Phi) is 5.70. The fraction of sp³-hybridized carbons (Fsp3) is 0.450. The average Bonchev–Trinajstić information content (AvgIpc) is 2.63. The van der Waals surface area contributed by atoms with Crippen molar-refractivity contribution in [3.63, 3.8) is 0 Å². The van der Waals surface area contributed by atoms with E-state index in [-0.39, 0.29) is 18.6 Å². The summed E-state index contributed by atoms with van der Waals surface area (Å²) in [5, 5.41) is 10.4. The first-order valence-corrected chi connectivity index (χ1v) is 8.71. The van der Waals surface area contributed by atoms with E-state index in [2.05, 4.69) is 18.2 Å². The van der Waals surface area contributed by atoms with Crippen LogP contribution in [0.4, 0.5) is 4.79 Å². The van der Waals surface area contributed by atoms with Crippen molar-refractivity contribution in [3.05, 3.63) is 59.7 Å². The molecule has 1 fully saturated rings. The van der Waals surface area contributed by atoms with Gasteiger partial charge in [-0.05, 0) is 37.2 Å². The number of allylic oxidation sites excluding steroid dienone is 4. The summed E-state index contributed by atoms with van der Waals surface area (Å²) in [4.78, 5) is 13.8. The summed E-state index contributed by atoms with van der Waals surface area (Å²) in [5.41, 5.74) is 2.28. The first-order chi connectivity index (χ1) is 11.7. The Bertz CT molecular complexity index is 609. The van der Waals surface area contributed by atoms with E-state index in [1.54, 1.807) is 4.90 Å². The number of β-amino-alcohol motifs (C(OH)–C–C–N with tert-alkyl or cyclic N) is 1. The molecule has 1 aromatic rings. The summed E-state index contributed by atoms with van der Waals surface area (Å²) in [6.45, 7) is 1.27. The lowest BCUT2D eigenvalue weighted by molar-refractivity contribution is 0.0140. The number of piperidine rings is 1. The molecule has 128 valence electrons. The van der Waals surface area contributed by atoms with Crippen molar-refractivity contribution in [3.8, 4) is 0 Å². The summed E-state index contributed by atoms with van der Waals surface area (Å²) < 4.78 is 5.35. The highest BCUT2D eigenvalue weighted by molar-refractivity contribution is 5.67. The molecule has 1 heterocycles. The smallest absolute Gasteiger partial charge is 0.410 e. The zero-order valence-corrected chi connectivity index (χ0v) is 13.9. The SMILES string of the molecule is O=C(OCc1ccccc1)N1CCC(CC2=CCCC=C2)C(O)C1. The van der Waals surface area contributed by atoms with E-state index >= 15 is 0 Å². The van der Waals surface area contributed by atoms with E-state index in [4.69, 9.17) is 4.74 Å². The number of aliphatic hydroxyl groups is 1. The summed E-state index contributed by atoms with van der Waals surface area (Å²) >= 11 is 0. The van der Waals surface area contributed by atoms with Gasteiger partial charge in [-0.25, -0.2) is 4.79 Å². The van der Waals surface area contributed by atoms with Crippen LogP contribution in [0.5, 0.6) is 0 Å². The topological polar surface area (TPSA) is 49.8 Å². The summed E-state index contributed by atoms with van der Waals surface area (Å²) in [6.07, 6.45) is 9.69. The van der Waals surface area contributed by atoms with Gasteiger partial charge >= 0.3 is 6.09 Å². The molecule has 4 nitrogen and oxygen atoms in total. The van der Waals surface area contributed by atoms with Gasteiger partial charge in [0.25, 0.3) is 0 Å². The predicted molar refractivity (Wildman–Crippen MR) is 93.4 cm³/mol. The zero-order chi connectivity index (χ0) is 16.8. The highest BCUT2D eigenvalue weighted by atomic mass is 16.6. The summed E-state index contributed by atoms with van der Waals surface area (Å²) in [6, 6.07) is 9.64. The Morgan fingerprint density at radius 2 is 2.08 bits per heavy atom. The van der Waals surface area contributed by atoms with Crippen molar-refractivity contribution in [2.24, 2.45) is 5.92 Å². The molecule has 0 spiro atoms. The van der Waals surface area contributed by atoms with Gasteiger partial charge in [-0.15, -0.1) is 0 Å². The molecule has 1 amide bonds. The zero-order valence-electron chi connectivity index (χ0n) is 13.9. The molecule has 4 heteroatoms. The van der Waals surface area contributed by atoms with Gasteiger partial charge in [0.15, 0.2) is 0 Å². The molecule has 24 heavy (non-hydrogen) atoms. The molecular weight excluding hydrogens is 302 g/mol. The molecular formula is C20H25NO3. The highest BCUT2D eigenvalue weighted by Gasteiger charge is 2.31. The molecule has 1 N–H and O–H groups in total. The molecule has 2 unspecified atom stereocenters. The molecule has 1 aliphatic heterocycles. The standard InChI is InChI=1S/C20H25NO3/c22-19-14-21(20(23)24-15-17-9-5-2-6-10-17)12-11-18(19)13-16-7-3-1-4-8-16/h2-3,5-10,18-19,22H,1,4,11-15H2. The Morgan fingerprint density at radius 1 is 1.25 bits per heavy atom. The van der Waals surface area contributed by atoms with Crippen LogP contribution in [0.25, 0.3) is 0 Å². The van der Waals surface area contributed by atoms with Crippen LogP contribution in [0.2, 0.25) is 0 Å². The minimum Gasteiger partial charge on any atom is -0.445 e. The summed E-state index contributed by atoms with van der Waals surface area (Å²) in [5.74, 6) is 0.220. The molecule has 1 aromatic carbocycles. The lowest BCUT2D eigenvalue weighted by atomic mass is 9.86. The van der Waals surface area contributed by atoms with E-state index in [0.29, 0.717) is 13.1 Å². The minimum absolute atomic E-state index is 0.220. The van der Waals surface area contributed by atoms with Gasteiger partial charge in [0.05, 0.1) is 12.6 Å². The molecule has 2 atom stereocenters. The Labute approximate surface area is 143 Å². The average molecular weight is 327 g/mol. The largest absolute Gasteiger partial charge is 0.445 e. The number of aliphatic hydroxyl groups excluding tert-OH is 1. The first-order valence-electron chi connectivity index (χ1n) is 8.71. The maximum absolute atomic E-state index is 12.2. The van der Waals surface area contributed by atoms with Crippen LogP contribution in [0, 0.1) is 5.92 Å². The lowest BCUT2D eigenvalue weighted by Gasteiger charge is -2.35. The van der Waals surface area contributed by atoms with Gasteiger partial charge < -0.3 is 14.7 Å². The third-order valence-electron chi connectivity index (χ3n) is 4.75. The minimum atomic E-state index is -0.487. The van der Waals surface area contributed by atoms with Gasteiger partial charge in [-0.3, -0.25) is 0 Å². The van der Waals surface area contributed by atoms with Gasteiger partial charge in [0.1, 0.15) is 6.61 Å². The quantitative estimate of drug-likeness (QED) is 0.918. The number of carbonyl (C=O) groups excluding carboxylic acids is 1. The Hall–Kier alpha value is -2.07. The number of amides is 1. The van der Waals surface area contributed by atoms with Gasteiger partial charge in [0, 0.05) is 6.54 Å². The summed E-state index contributed by atoms with van der Waals surface area (Å²) in [7, 11) is 0. The highest BCUT2D eigenvalue weighted by Crippen LogP contribution is 2.27. The lowest BCUT2D eigenvalue weighted by Crippen LogP contribution is -2.46. The van der Waals surface area contributed by atoms with Gasteiger partial charge in [-0.2, -0.15) is 0 Å². The fourth-order valence-corrected chi connectivity index (χ4v) is 3.32. The molecule has 0 saturated carbocycles. The molecule has 0 radical (unpaired) electrons. The monoisotopic (exact) mass is 327 g/mol. The normalized spacial score (nSPS) is 23.7. The molecule has 0 bridgehead atoms. The van der Waals surface area contributed by atoms with Crippen LogP contribution >= 0.6 is 0 Å². The molecule has 2 aliphatic rings. The van der Waals surface area contributed by atoms with E-state index in [1.807, 2.05) is 30.3 Å². The van der Waals surface area contributed by atoms with Crippen LogP contribution in [-0.2, 0) is 11.3 Å². The van der Waals surface area contributed by atoms with Crippen LogP contribution in [-0.4, -0.2) is 35.3 Å². The number of hydrogen-bond acceptors (Lipinski definition) is 3. The molecule has 1 aliphatic carbocycles. The van der Waals surface area contributed by atoms with Gasteiger partial charge in [-0.1, -0.05) is 54.1 Å². The van der Waals surface area contributed by atoms with Crippen molar-refractivity contribution < 1.29 is 14.6 Å². The number of rotatable bonds is 4. The van der Waals surface area contributed by atoms with E-state index in [1.165, 1.54) is 5.57 Å². The number of likely N-dealkylation sites (tertiary alicyclic amines) is 1. The van der Waals surface area contributed by atoms with E-state index in [9.17, 15) is 9.90 Å². The first kappa shape index (κ1) is 16.8. The van der Waals surface area contributed by atoms with Gasteiger partial charge in [0.2, 0.25) is 0 Å². The van der Waals surface area contributed by atoms with Crippen LogP contribution in [0.1, 0.15) is 31.2 Å². The number of carbonyl (C=O) groups is 1. The number of ether oxygens (including phenoxy) is 1. The van der Waals surface area contributed by atoms with Crippen molar-refractivity contribution in [1.82, 2.24) is 4.90 Å². The predicted octanol–water partition coefficient (Wildman–Crippen LogP) is 3.67. The van der Waals surface area contributed by atoms with Crippen molar-refractivity contribution >= 4 is 6.09 Å². The second kappa shape index (κ2) is 8.15. The third kappa shape index (κ3) is 4.48.